The third-order valence-electron chi connectivity index (χ3n) is 1.53. The number of hydrogen-bond acceptors (Lipinski definition) is 3. The van der Waals surface area contributed by atoms with Gasteiger partial charge in [-0.3, -0.25) is 9.35 Å². The van der Waals surface area contributed by atoms with Crippen LogP contribution in [0.25, 0.3) is 0 Å². The molecule has 0 radical (unpaired) electrons. The first-order valence-corrected chi connectivity index (χ1v) is 6.37. The van der Waals surface area contributed by atoms with Crippen molar-refractivity contribution in [3.8, 4) is 0 Å². The number of carbonyl (C=O) groups is 1. The third-order valence-corrected chi connectivity index (χ3v) is 3.11. The van der Waals surface area contributed by atoms with Crippen molar-refractivity contribution in [3.63, 3.8) is 0 Å². The smallest absolute Gasteiger partial charge is 0.296 e. The maximum atomic E-state index is 10.9. The van der Waals surface area contributed by atoms with Gasteiger partial charge in [0.1, 0.15) is 4.90 Å². The first-order valence-electron chi connectivity index (χ1n) is 3.85. The Bertz CT molecular complexity index is 497. The summed E-state index contributed by atoms with van der Waals surface area (Å²) in [7, 11) is -4.31. The van der Waals surface area contributed by atoms with E-state index in [1.54, 1.807) is 0 Å². The number of rotatable bonds is 2. The number of anilines is 1. The lowest BCUT2D eigenvalue weighted by Crippen LogP contribution is -2.10. The highest BCUT2D eigenvalue weighted by Crippen LogP contribution is 2.23. The molecule has 0 heterocycles. The van der Waals surface area contributed by atoms with Crippen LogP contribution in [0, 0.1) is 3.57 Å². The lowest BCUT2D eigenvalue weighted by molar-refractivity contribution is -0.114. The Hall–Kier alpha value is -0.670. The zero-order valence-electron chi connectivity index (χ0n) is 7.69. The van der Waals surface area contributed by atoms with E-state index in [0.29, 0.717) is 0 Å². The summed E-state index contributed by atoms with van der Waals surface area (Å²) in [5.74, 6) is -0.401. The van der Waals surface area contributed by atoms with Gasteiger partial charge in [-0.15, -0.1) is 0 Å². The van der Waals surface area contributed by atoms with E-state index in [1.165, 1.54) is 25.1 Å². The Balaban J connectivity index is 3.33. The molecule has 0 bridgehead atoms. The average molecular weight is 341 g/mol. The fourth-order valence-electron chi connectivity index (χ4n) is 1.01. The monoisotopic (exact) mass is 341 g/mol. The second kappa shape index (κ2) is 4.45. The second-order valence-electron chi connectivity index (χ2n) is 2.80. The normalized spacial score (nSPS) is 11.1. The fraction of sp³-hybridized carbons (Fsp3) is 0.125. The predicted molar refractivity (Wildman–Crippen MR) is 63.3 cm³/mol. The Labute approximate surface area is 101 Å². The van der Waals surface area contributed by atoms with E-state index in [9.17, 15) is 13.2 Å². The number of halogens is 1. The zero-order chi connectivity index (χ0) is 11.6. The summed E-state index contributed by atoms with van der Waals surface area (Å²) in [4.78, 5) is 10.5. The van der Waals surface area contributed by atoms with Gasteiger partial charge in [0.05, 0.1) is 5.69 Å². The van der Waals surface area contributed by atoms with Crippen LogP contribution in [0.5, 0.6) is 0 Å². The van der Waals surface area contributed by atoms with Crippen molar-refractivity contribution in [1.29, 1.82) is 0 Å². The molecule has 0 fully saturated rings. The van der Waals surface area contributed by atoms with E-state index in [4.69, 9.17) is 4.55 Å². The van der Waals surface area contributed by atoms with Gasteiger partial charge < -0.3 is 5.32 Å². The molecule has 0 spiro atoms. The van der Waals surface area contributed by atoms with Crippen molar-refractivity contribution in [2.45, 2.75) is 11.8 Å². The third kappa shape index (κ3) is 3.43. The molecule has 0 unspecified atom stereocenters. The minimum atomic E-state index is -4.31. The van der Waals surface area contributed by atoms with Crippen LogP contribution < -0.4 is 5.32 Å². The van der Waals surface area contributed by atoms with Crippen LogP contribution >= 0.6 is 22.6 Å². The van der Waals surface area contributed by atoms with Gasteiger partial charge in [0, 0.05) is 10.5 Å². The Morgan fingerprint density at radius 2 is 2.07 bits per heavy atom. The summed E-state index contributed by atoms with van der Waals surface area (Å²) >= 11 is 1.97. The molecular formula is C8H8INO4S. The van der Waals surface area contributed by atoms with Gasteiger partial charge in [0.25, 0.3) is 10.1 Å². The topological polar surface area (TPSA) is 83.5 Å². The number of carbonyl (C=O) groups excluding carboxylic acids is 1. The predicted octanol–water partition coefficient (Wildman–Crippen LogP) is 1.50. The summed E-state index contributed by atoms with van der Waals surface area (Å²) in [6, 6.07) is 4.22. The number of nitrogens with one attached hydrogen (secondary N) is 1. The standard InChI is InChI=1S/C8H8INO4S/c1-5(11)10-7-4-6(9)2-3-8(7)15(12,13)14/h2-4H,1H3,(H,10,11)(H,12,13,14). The van der Waals surface area contributed by atoms with Gasteiger partial charge in [-0.05, 0) is 40.8 Å². The van der Waals surface area contributed by atoms with Crippen LogP contribution in [0.4, 0.5) is 5.69 Å². The lowest BCUT2D eigenvalue weighted by atomic mass is 10.3. The van der Waals surface area contributed by atoms with Crippen molar-refractivity contribution in [1.82, 2.24) is 0 Å². The van der Waals surface area contributed by atoms with Crippen molar-refractivity contribution >= 4 is 44.3 Å². The second-order valence-corrected chi connectivity index (χ2v) is 5.43. The van der Waals surface area contributed by atoms with Gasteiger partial charge in [0.15, 0.2) is 0 Å². The highest BCUT2D eigenvalue weighted by Gasteiger charge is 2.16. The molecule has 7 heteroatoms. The molecule has 1 amide bonds. The summed E-state index contributed by atoms with van der Waals surface area (Å²) in [6.07, 6.45) is 0. The minimum Gasteiger partial charge on any atom is -0.325 e. The molecule has 0 aromatic heterocycles. The Morgan fingerprint density at radius 1 is 1.47 bits per heavy atom. The van der Waals surface area contributed by atoms with E-state index in [1.807, 2.05) is 22.6 Å². The van der Waals surface area contributed by atoms with Gasteiger partial charge in [-0.25, -0.2) is 0 Å². The highest BCUT2D eigenvalue weighted by atomic mass is 127. The molecule has 0 aliphatic rings. The first kappa shape index (κ1) is 12.4. The molecule has 1 rings (SSSR count). The summed E-state index contributed by atoms with van der Waals surface area (Å²) in [5.41, 5.74) is 0.0805. The molecule has 0 saturated carbocycles. The molecule has 0 aliphatic heterocycles. The van der Waals surface area contributed by atoms with Crippen LogP contribution in [0.1, 0.15) is 6.92 Å². The molecular weight excluding hydrogens is 333 g/mol. The van der Waals surface area contributed by atoms with Gasteiger partial charge in [0.2, 0.25) is 5.91 Å². The minimum absolute atomic E-state index is 0.0805. The van der Waals surface area contributed by atoms with Crippen molar-refractivity contribution in [3.05, 3.63) is 21.8 Å². The number of hydrogen-bond donors (Lipinski definition) is 2. The summed E-state index contributed by atoms with van der Waals surface area (Å²) in [5, 5.41) is 2.34. The van der Waals surface area contributed by atoms with Crippen LogP contribution in [0.3, 0.4) is 0 Å². The molecule has 0 aliphatic carbocycles. The van der Waals surface area contributed by atoms with E-state index in [-0.39, 0.29) is 10.6 Å². The average Bonchev–Trinajstić information content (AvgIpc) is 1.99. The van der Waals surface area contributed by atoms with Crippen LogP contribution in [0.15, 0.2) is 23.1 Å². The molecule has 2 N–H and O–H groups in total. The van der Waals surface area contributed by atoms with Gasteiger partial charge >= 0.3 is 0 Å². The maximum absolute atomic E-state index is 10.9. The van der Waals surface area contributed by atoms with Crippen molar-refractivity contribution < 1.29 is 17.8 Å². The van der Waals surface area contributed by atoms with E-state index in [0.717, 1.165) is 3.57 Å². The molecule has 82 valence electrons. The lowest BCUT2D eigenvalue weighted by Gasteiger charge is -2.07. The van der Waals surface area contributed by atoms with E-state index < -0.39 is 16.0 Å². The Morgan fingerprint density at radius 3 is 2.53 bits per heavy atom. The number of amides is 1. The zero-order valence-corrected chi connectivity index (χ0v) is 10.7. The Kier molecular flexibility index (Phi) is 3.68. The largest absolute Gasteiger partial charge is 0.325 e. The SMILES string of the molecule is CC(=O)Nc1cc(I)ccc1S(=O)(=O)O. The van der Waals surface area contributed by atoms with E-state index in [2.05, 4.69) is 5.32 Å². The highest BCUT2D eigenvalue weighted by molar-refractivity contribution is 14.1. The van der Waals surface area contributed by atoms with Crippen molar-refractivity contribution in [2.24, 2.45) is 0 Å². The van der Waals surface area contributed by atoms with Gasteiger partial charge in [-0.1, -0.05) is 0 Å². The molecule has 5 nitrogen and oxygen atoms in total. The summed E-state index contributed by atoms with van der Waals surface area (Å²) in [6.45, 7) is 1.26. The van der Waals surface area contributed by atoms with Crippen LogP contribution in [0.2, 0.25) is 0 Å². The quantitative estimate of drug-likeness (QED) is 0.631. The van der Waals surface area contributed by atoms with Gasteiger partial charge in [-0.2, -0.15) is 8.42 Å². The first-order chi connectivity index (χ1) is 6.80. The van der Waals surface area contributed by atoms with Crippen LogP contribution in [-0.4, -0.2) is 18.9 Å². The molecule has 0 atom stereocenters. The molecule has 1 aromatic carbocycles. The maximum Gasteiger partial charge on any atom is 0.296 e. The van der Waals surface area contributed by atoms with E-state index >= 15 is 0 Å². The number of benzene rings is 1. The van der Waals surface area contributed by atoms with Crippen molar-refractivity contribution in [2.75, 3.05) is 5.32 Å². The fourth-order valence-corrected chi connectivity index (χ4v) is 2.13. The summed E-state index contributed by atoms with van der Waals surface area (Å²) < 4.78 is 31.5. The molecule has 15 heavy (non-hydrogen) atoms. The molecule has 1 aromatic rings. The van der Waals surface area contributed by atoms with Crippen LogP contribution in [-0.2, 0) is 14.9 Å². The molecule has 0 saturated heterocycles.